The molecule has 0 saturated heterocycles. The first kappa shape index (κ1) is 8.40. The van der Waals surface area contributed by atoms with Gasteiger partial charge in [0.1, 0.15) is 6.07 Å². The van der Waals surface area contributed by atoms with E-state index in [0.717, 1.165) is 6.07 Å². The Balaban J connectivity index is 3.17. The van der Waals surface area contributed by atoms with Crippen LogP contribution in [0.3, 0.4) is 0 Å². The highest BCUT2D eigenvalue weighted by Crippen LogP contribution is 2.39. The van der Waals surface area contributed by atoms with Crippen LogP contribution in [0, 0.1) is 20.2 Å². The Morgan fingerprint density at radius 2 is 1.92 bits per heavy atom. The van der Waals surface area contributed by atoms with Crippen molar-refractivity contribution in [3.63, 3.8) is 0 Å². The van der Waals surface area contributed by atoms with E-state index in [1.807, 2.05) is 0 Å². The highest BCUT2D eigenvalue weighted by atomic mass is 32.1. The first-order valence-corrected chi connectivity index (χ1v) is 3.45. The normalized spacial score (nSPS) is 9.67. The monoisotopic (exact) mass is 190 g/mol. The summed E-state index contributed by atoms with van der Waals surface area (Å²) >= 11 is 0.366. The number of hydrogen-bond acceptors (Lipinski definition) is 6. The lowest BCUT2D eigenvalue weighted by Crippen LogP contribution is -1.85. The molecule has 0 spiro atoms. The number of nitrogens with zero attached hydrogens (tertiary/aromatic N) is 2. The van der Waals surface area contributed by atoms with Crippen LogP contribution in [-0.2, 0) is 0 Å². The Bertz CT molecular complexity index is 345. The summed E-state index contributed by atoms with van der Waals surface area (Å²) in [4.78, 5) is 18.5. The predicted molar refractivity (Wildman–Crippen MR) is 39.3 cm³/mol. The smallest absolute Gasteiger partial charge is 0.334 e. The van der Waals surface area contributed by atoms with Crippen molar-refractivity contribution in [3.8, 4) is 5.06 Å². The molecule has 7 nitrogen and oxygen atoms in total. The van der Waals surface area contributed by atoms with Gasteiger partial charge in [-0.25, -0.2) is 0 Å². The number of nitro groups is 2. The van der Waals surface area contributed by atoms with Crippen LogP contribution >= 0.6 is 11.3 Å². The average Bonchev–Trinajstić information content (AvgIpc) is 2.30. The first-order valence-electron chi connectivity index (χ1n) is 2.64. The van der Waals surface area contributed by atoms with Gasteiger partial charge in [-0.05, 0) is 11.3 Å². The van der Waals surface area contributed by atoms with Crippen molar-refractivity contribution >= 4 is 22.0 Å². The second kappa shape index (κ2) is 2.74. The van der Waals surface area contributed by atoms with Gasteiger partial charge < -0.3 is 5.11 Å². The fourth-order valence-corrected chi connectivity index (χ4v) is 1.26. The minimum absolute atomic E-state index is 0.366. The van der Waals surface area contributed by atoms with Crippen LogP contribution in [0.25, 0.3) is 0 Å². The molecule has 8 heteroatoms. The molecule has 64 valence electrons. The molecule has 0 aliphatic rings. The Labute approximate surface area is 69.2 Å². The Morgan fingerprint density at radius 3 is 2.17 bits per heavy atom. The third-order valence-corrected chi connectivity index (χ3v) is 1.94. The van der Waals surface area contributed by atoms with Crippen molar-refractivity contribution in [1.29, 1.82) is 0 Å². The van der Waals surface area contributed by atoms with E-state index in [1.165, 1.54) is 0 Å². The fraction of sp³-hybridized carbons (Fsp3) is 0. The topological polar surface area (TPSA) is 107 Å². The van der Waals surface area contributed by atoms with Gasteiger partial charge in [0.15, 0.2) is 0 Å². The van der Waals surface area contributed by atoms with Crippen LogP contribution in [0.4, 0.5) is 10.7 Å². The first-order chi connectivity index (χ1) is 5.52. The van der Waals surface area contributed by atoms with E-state index in [4.69, 9.17) is 5.11 Å². The van der Waals surface area contributed by atoms with Crippen molar-refractivity contribution in [2.45, 2.75) is 0 Å². The number of rotatable bonds is 2. The highest BCUT2D eigenvalue weighted by Gasteiger charge is 2.24. The fourth-order valence-electron chi connectivity index (χ4n) is 0.580. The van der Waals surface area contributed by atoms with E-state index in [-0.39, 0.29) is 0 Å². The van der Waals surface area contributed by atoms with E-state index >= 15 is 0 Å². The number of hydrogen-bond donors (Lipinski definition) is 1. The van der Waals surface area contributed by atoms with E-state index in [9.17, 15) is 20.2 Å². The molecule has 1 aromatic heterocycles. The number of thiophene rings is 1. The molecular formula is C4H2N2O5S. The largest absolute Gasteiger partial charge is 0.495 e. The van der Waals surface area contributed by atoms with E-state index < -0.39 is 25.6 Å². The molecule has 12 heavy (non-hydrogen) atoms. The van der Waals surface area contributed by atoms with E-state index in [1.54, 1.807) is 0 Å². The van der Waals surface area contributed by atoms with Gasteiger partial charge in [0.05, 0.1) is 9.85 Å². The molecule has 0 aromatic carbocycles. The van der Waals surface area contributed by atoms with Gasteiger partial charge in [-0.1, -0.05) is 0 Å². The van der Waals surface area contributed by atoms with Crippen molar-refractivity contribution in [2.75, 3.05) is 0 Å². The summed E-state index contributed by atoms with van der Waals surface area (Å²) < 4.78 is 0. The maximum absolute atomic E-state index is 10.1. The van der Waals surface area contributed by atoms with Crippen LogP contribution in [0.15, 0.2) is 6.07 Å². The lowest BCUT2D eigenvalue weighted by molar-refractivity contribution is -0.390. The van der Waals surface area contributed by atoms with Crippen molar-refractivity contribution in [1.82, 2.24) is 0 Å². The SMILES string of the molecule is O=[N+]([O-])c1cc([N+](=O)[O-])c(O)s1. The minimum Gasteiger partial charge on any atom is -0.495 e. The third-order valence-electron chi connectivity index (χ3n) is 1.06. The molecule has 1 aromatic rings. The Hall–Kier alpha value is -1.70. The van der Waals surface area contributed by atoms with E-state index in [2.05, 4.69) is 0 Å². The summed E-state index contributed by atoms with van der Waals surface area (Å²) in [6, 6.07) is 0.722. The highest BCUT2D eigenvalue weighted by molar-refractivity contribution is 7.17. The molecule has 0 saturated carbocycles. The lowest BCUT2D eigenvalue weighted by atomic mass is 10.5. The van der Waals surface area contributed by atoms with Crippen molar-refractivity contribution in [3.05, 3.63) is 26.3 Å². The molecule has 0 fully saturated rings. The molecule has 0 bridgehead atoms. The summed E-state index contributed by atoms with van der Waals surface area (Å²) in [5, 5.41) is 27.9. The zero-order chi connectivity index (χ0) is 9.30. The van der Waals surface area contributed by atoms with Gasteiger partial charge in [0.2, 0.25) is 0 Å². The maximum atomic E-state index is 10.1. The van der Waals surface area contributed by atoms with Crippen LogP contribution in [0.1, 0.15) is 0 Å². The second-order valence-corrected chi connectivity index (χ2v) is 2.80. The van der Waals surface area contributed by atoms with Crippen LogP contribution in [0.5, 0.6) is 5.06 Å². The van der Waals surface area contributed by atoms with Gasteiger partial charge in [0.25, 0.3) is 5.06 Å². The number of aromatic hydroxyl groups is 1. The van der Waals surface area contributed by atoms with Crippen LogP contribution < -0.4 is 0 Å². The second-order valence-electron chi connectivity index (χ2n) is 1.79. The minimum atomic E-state index is -0.876. The summed E-state index contributed by atoms with van der Waals surface area (Å²) in [5.74, 6) is 0. The molecule has 0 amide bonds. The summed E-state index contributed by atoms with van der Waals surface area (Å²) in [7, 11) is 0. The summed E-state index contributed by atoms with van der Waals surface area (Å²) in [6.07, 6.45) is 0. The molecule has 0 atom stereocenters. The molecule has 0 radical (unpaired) electrons. The molecule has 1 heterocycles. The quantitative estimate of drug-likeness (QED) is 0.558. The zero-order valence-electron chi connectivity index (χ0n) is 5.46. The van der Waals surface area contributed by atoms with Crippen molar-refractivity contribution < 1.29 is 15.0 Å². The van der Waals surface area contributed by atoms with Gasteiger partial charge >= 0.3 is 10.7 Å². The van der Waals surface area contributed by atoms with Crippen molar-refractivity contribution in [2.24, 2.45) is 0 Å². The predicted octanol–water partition coefficient (Wildman–Crippen LogP) is 1.27. The molecule has 0 unspecified atom stereocenters. The van der Waals surface area contributed by atoms with Crippen LogP contribution in [-0.4, -0.2) is 15.0 Å². The standard InChI is InChI=1S/C4H2N2O5S/c7-4-2(5(8)9)1-3(12-4)6(10)11/h1,7H. The van der Waals surface area contributed by atoms with Crippen LogP contribution in [0.2, 0.25) is 0 Å². The third kappa shape index (κ3) is 1.32. The van der Waals surface area contributed by atoms with Gasteiger partial charge in [0, 0.05) is 0 Å². The maximum Gasteiger partial charge on any atom is 0.334 e. The Kier molecular flexibility index (Phi) is 1.92. The summed E-state index contributed by atoms with van der Waals surface area (Å²) in [5.41, 5.74) is -0.633. The molecular weight excluding hydrogens is 188 g/mol. The van der Waals surface area contributed by atoms with Gasteiger partial charge in [-0.2, -0.15) is 0 Å². The average molecular weight is 190 g/mol. The van der Waals surface area contributed by atoms with Gasteiger partial charge in [-0.3, -0.25) is 20.2 Å². The zero-order valence-corrected chi connectivity index (χ0v) is 6.28. The Morgan fingerprint density at radius 1 is 1.33 bits per heavy atom. The lowest BCUT2D eigenvalue weighted by Gasteiger charge is -1.81. The van der Waals surface area contributed by atoms with Gasteiger partial charge in [-0.15, -0.1) is 0 Å². The molecule has 1 N–H and O–H groups in total. The molecule has 0 aliphatic carbocycles. The molecule has 1 rings (SSSR count). The van der Waals surface area contributed by atoms with E-state index in [0.29, 0.717) is 11.3 Å². The summed E-state index contributed by atoms with van der Waals surface area (Å²) in [6.45, 7) is 0. The molecule has 0 aliphatic heterocycles.